The Morgan fingerprint density at radius 2 is 1.89 bits per heavy atom. The topological polar surface area (TPSA) is 65.2 Å². The molecule has 27 heavy (non-hydrogen) atoms. The van der Waals surface area contributed by atoms with Gasteiger partial charge < -0.3 is 15.2 Å². The van der Waals surface area contributed by atoms with E-state index in [1.54, 1.807) is 27.0 Å². The molecule has 3 aromatic rings. The molecule has 0 radical (unpaired) electrons. The van der Waals surface area contributed by atoms with Gasteiger partial charge in [0.2, 0.25) is 0 Å². The van der Waals surface area contributed by atoms with Crippen LogP contribution in [0.2, 0.25) is 0 Å². The highest BCUT2D eigenvalue weighted by atomic mass is 19.1. The zero-order chi connectivity index (χ0) is 19.7. The summed E-state index contributed by atoms with van der Waals surface area (Å²) in [5.41, 5.74) is 1.19. The molecule has 0 unspecified atom stereocenters. The van der Waals surface area contributed by atoms with Crippen molar-refractivity contribution >= 4 is 22.5 Å². The standard InChI is InChI=1S/C20H19F2N3O2/c1-11-8-14(5-7-18(11)22)24-20(27)25(3)12(2)17-10-23-19(26)16-9-13(21)4-6-15(16)17/h4-10,12H,1-3H3,(H,23,26)(H,24,27)/t12-/m0/s1. The van der Waals surface area contributed by atoms with Crippen molar-refractivity contribution in [3.05, 3.63) is 75.7 Å². The van der Waals surface area contributed by atoms with E-state index in [1.807, 2.05) is 0 Å². The summed E-state index contributed by atoms with van der Waals surface area (Å²) in [5.74, 6) is -0.850. The number of aromatic amines is 1. The monoisotopic (exact) mass is 371 g/mol. The number of H-pyrrole nitrogens is 1. The SMILES string of the molecule is Cc1cc(NC(=O)N(C)[C@@H](C)c2c[nH]c(=O)c3cc(F)ccc23)ccc1F. The summed E-state index contributed by atoms with van der Waals surface area (Å²) >= 11 is 0. The van der Waals surface area contributed by atoms with Crippen LogP contribution in [-0.4, -0.2) is 23.0 Å². The maximum Gasteiger partial charge on any atom is 0.322 e. The van der Waals surface area contributed by atoms with Crippen molar-refractivity contribution in [1.29, 1.82) is 0 Å². The van der Waals surface area contributed by atoms with Gasteiger partial charge in [-0.3, -0.25) is 4.79 Å². The summed E-state index contributed by atoms with van der Waals surface area (Å²) < 4.78 is 26.9. The molecule has 2 aromatic carbocycles. The number of hydrogen-bond donors (Lipinski definition) is 2. The molecule has 0 fully saturated rings. The number of benzene rings is 2. The largest absolute Gasteiger partial charge is 0.328 e. The molecular formula is C20H19F2N3O2. The van der Waals surface area contributed by atoms with Crippen LogP contribution in [0.4, 0.5) is 19.3 Å². The Hall–Kier alpha value is -3.22. The van der Waals surface area contributed by atoms with E-state index >= 15 is 0 Å². The van der Waals surface area contributed by atoms with Crippen LogP contribution in [0.3, 0.4) is 0 Å². The highest BCUT2D eigenvalue weighted by Crippen LogP contribution is 2.26. The zero-order valence-corrected chi connectivity index (χ0v) is 15.1. The maximum atomic E-state index is 13.5. The van der Waals surface area contributed by atoms with Gasteiger partial charge in [0.15, 0.2) is 0 Å². The van der Waals surface area contributed by atoms with E-state index in [9.17, 15) is 18.4 Å². The number of fused-ring (bicyclic) bond motifs is 1. The molecule has 140 valence electrons. The molecule has 0 aliphatic rings. The van der Waals surface area contributed by atoms with Crippen LogP contribution >= 0.6 is 0 Å². The van der Waals surface area contributed by atoms with Gasteiger partial charge in [-0.1, -0.05) is 6.07 Å². The number of anilines is 1. The molecule has 1 atom stereocenters. The third-order valence-electron chi connectivity index (χ3n) is 4.66. The molecule has 3 rings (SSSR count). The second-order valence-corrected chi connectivity index (χ2v) is 6.44. The first-order valence-electron chi connectivity index (χ1n) is 8.38. The van der Waals surface area contributed by atoms with Gasteiger partial charge in [-0.15, -0.1) is 0 Å². The number of carbonyl (C=O) groups is 1. The molecule has 1 heterocycles. The molecule has 5 nitrogen and oxygen atoms in total. The van der Waals surface area contributed by atoms with E-state index < -0.39 is 23.4 Å². The molecule has 0 saturated heterocycles. The minimum absolute atomic E-state index is 0.224. The molecule has 0 bridgehead atoms. The summed E-state index contributed by atoms with van der Waals surface area (Å²) in [6, 6.07) is 7.50. The van der Waals surface area contributed by atoms with Crippen LogP contribution < -0.4 is 10.9 Å². The number of pyridine rings is 1. The van der Waals surface area contributed by atoms with Crippen molar-refractivity contribution in [1.82, 2.24) is 9.88 Å². The average molecular weight is 371 g/mol. The quantitative estimate of drug-likeness (QED) is 0.719. The number of hydrogen-bond acceptors (Lipinski definition) is 2. The third-order valence-corrected chi connectivity index (χ3v) is 4.66. The lowest BCUT2D eigenvalue weighted by Gasteiger charge is -2.26. The van der Waals surface area contributed by atoms with Crippen molar-refractivity contribution < 1.29 is 13.6 Å². The second-order valence-electron chi connectivity index (χ2n) is 6.44. The number of amides is 2. The molecule has 7 heteroatoms. The normalized spacial score (nSPS) is 12.0. The smallest absolute Gasteiger partial charge is 0.322 e. The lowest BCUT2D eigenvalue weighted by Crippen LogP contribution is -2.34. The first kappa shape index (κ1) is 18.6. The van der Waals surface area contributed by atoms with E-state index in [-0.39, 0.29) is 11.2 Å². The van der Waals surface area contributed by atoms with E-state index in [2.05, 4.69) is 10.3 Å². The van der Waals surface area contributed by atoms with E-state index in [0.717, 1.165) is 0 Å². The number of rotatable bonds is 3. The molecule has 0 aliphatic heterocycles. The highest BCUT2D eigenvalue weighted by molar-refractivity contribution is 5.90. The molecule has 0 saturated carbocycles. The van der Waals surface area contributed by atoms with E-state index in [0.29, 0.717) is 22.2 Å². The molecule has 2 N–H and O–H groups in total. The first-order chi connectivity index (χ1) is 12.8. The minimum Gasteiger partial charge on any atom is -0.328 e. The summed E-state index contributed by atoms with van der Waals surface area (Å²) in [6.45, 7) is 3.41. The summed E-state index contributed by atoms with van der Waals surface area (Å²) in [4.78, 5) is 28.6. The van der Waals surface area contributed by atoms with Gasteiger partial charge >= 0.3 is 6.03 Å². The Kier molecular flexibility index (Phi) is 4.94. The average Bonchev–Trinajstić information content (AvgIpc) is 2.64. The van der Waals surface area contributed by atoms with Gasteiger partial charge in [-0.25, -0.2) is 13.6 Å². The van der Waals surface area contributed by atoms with Crippen LogP contribution in [0, 0.1) is 18.6 Å². The van der Waals surface area contributed by atoms with Crippen molar-refractivity contribution in [3.8, 4) is 0 Å². The van der Waals surface area contributed by atoms with E-state index in [1.165, 1.54) is 41.4 Å². The number of urea groups is 1. The number of aryl methyl sites for hydroxylation is 1. The lowest BCUT2D eigenvalue weighted by molar-refractivity contribution is 0.208. The van der Waals surface area contributed by atoms with Gasteiger partial charge in [-0.2, -0.15) is 0 Å². The fraction of sp³-hybridized carbons (Fsp3) is 0.200. The van der Waals surface area contributed by atoms with Crippen LogP contribution in [0.25, 0.3) is 10.8 Å². The van der Waals surface area contributed by atoms with Gasteiger partial charge in [0.25, 0.3) is 5.56 Å². The molecular weight excluding hydrogens is 352 g/mol. The maximum absolute atomic E-state index is 13.5. The number of nitrogens with one attached hydrogen (secondary N) is 2. The van der Waals surface area contributed by atoms with Crippen LogP contribution in [0.5, 0.6) is 0 Å². The number of nitrogens with zero attached hydrogens (tertiary/aromatic N) is 1. The second kappa shape index (κ2) is 7.19. The number of carbonyl (C=O) groups excluding carboxylic acids is 1. The lowest BCUT2D eigenvalue weighted by atomic mass is 10.0. The van der Waals surface area contributed by atoms with Crippen molar-refractivity contribution in [2.45, 2.75) is 19.9 Å². The summed E-state index contributed by atoms with van der Waals surface area (Å²) in [5, 5.41) is 3.52. The van der Waals surface area contributed by atoms with Gasteiger partial charge in [-0.05, 0) is 60.7 Å². The fourth-order valence-corrected chi connectivity index (χ4v) is 2.92. The molecule has 0 aliphatic carbocycles. The summed E-state index contributed by atoms with van der Waals surface area (Å²) in [6.07, 6.45) is 1.53. The van der Waals surface area contributed by atoms with Crippen molar-refractivity contribution in [3.63, 3.8) is 0 Å². The van der Waals surface area contributed by atoms with Gasteiger partial charge in [0, 0.05) is 18.9 Å². The molecule has 0 spiro atoms. The zero-order valence-electron chi connectivity index (χ0n) is 15.1. The number of halogens is 2. The van der Waals surface area contributed by atoms with Crippen LogP contribution in [-0.2, 0) is 0 Å². The Labute approximate surface area is 154 Å². The highest BCUT2D eigenvalue weighted by Gasteiger charge is 2.20. The van der Waals surface area contributed by atoms with Crippen LogP contribution in [0.1, 0.15) is 24.1 Å². The predicted octanol–water partition coefficient (Wildman–Crippen LogP) is 4.34. The molecule has 1 aromatic heterocycles. The number of aromatic nitrogens is 1. The Morgan fingerprint density at radius 1 is 1.15 bits per heavy atom. The Bertz CT molecular complexity index is 1080. The molecule has 2 amide bonds. The van der Waals surface area contributed by atoms with Gasteiger partial charge in [0.1, 0.15) is 11.6 Å². The van der Waals surface area contributed by atoms with Crippen molar-refractivity contribution in [2.24, 2.45) is 0 Å². The minimum atomic E-state index is -0.504. The fourth-order valence-electron chi connectivity index (χ4n) is 2.92. The third kappa shape index (κ3) is 3.67. The van der Waals surface area contributed by atoms with Gasteiger partial charge in [0.05, 0.1) is 11.4 Å². The predicted molar refractivity (Wildman–Crippen MR) is 101 cm³/mol. The summed E-state index contributed by atoms with van der Waals surface area (Å²) in [7, 11) is 1.61. The Balaban J connectivity index is 1.88. The van der Waals surface area contributed by atoms with E-state index in [4.69, 9.17) is 0 Å². The first-order valence-corrected chi connectivity index (χ1v) is 8.38. The Morgan fingerprint density at radius 3 is 2.59 bits per heavy atom. The van der Waals surface area contributed by atoms with Crippen LogP contribution in [0.15, 0.2) is 47.4 Å². The van der Waals surface area contributed by atoms with Crippen molar-refractivity contribution in [2.75, 3.05) is 12.4 Å².